The van der Waals surface area contributed by atoms with Crippen molar-refractivity contribution in [3.63, 3.8) is 0 Å². The zero-order chi connectivity index (χ0) is 19.8. The van der Waals surface area contributed by atoms with E-state index in [1.807, 2.05) is 0 Å². The average molecular weight is 393 g/mol. The second-order valence-electron chi connectivity index (χ2n) is 5.91. The van der Waals surface area contributed by atoms with E-state index in [0.717, 1.165) is 4.90 Å². The summed E-state index contributed by atoms with van der Waals surface area (Å²) in [5, 5.41) is 0. The minimum atomic E-state index is -4.96. The summed E-state index contributed by atoms with van der Waals surface area (Å²) in [7, 11) is 0. The molecule has 0 saturated carbocycles. The molecule has 11 heteroatoms. The number of nitrogens with one attached hydrogen (secondary N) is 2. The van der Waals surface area contributed by atoms with Gasteiger partial charge in [-0.05, 0) is 23.8 Å². The van der Waals surface area contributed by atoms with Crippen LogP contribution in [0, 0.1) is 5.92 Å². The van der Waals surface area contributed by atoms with E-state index < -0.39 is 41.7 Å². The maximum atomic E-state index is 12.8. The quantitative estimate of drug-likeness (QED) is 0.752. The minimum Gasteiger partial charge on any atom is -0.444 e. The third kappa shape index (κ3) is 4.35. The van der Waals surface area contributed by atoms with Crippen LogP contribution in [-0.2, 0) is 23.7 Å². The Balaban J connectivity index is 1.74. The first-order valence-electron chi connectivity index (χ1n) is 7.66. The van der Waals surface area contributed by atoms with Crippen LogP contribution >= 0.6 is 0 Å². The lowest BCUT2D eigenvalue weighted by molar-refractivity contribution is -0.143. The lowest BCUT2D eigenvalue weighted by atomic mass is 10.1. The normalized spacial score (nSPS) is 19.4. The van der Waals surface area contributed by atoms with Crippen molar-refractivity contribution in [1.82, 2.24) is 15.8 Å². The van der Waals surface area contributed by atoms with Crippen LogP contribution in [0.25, 0.3) is 0 Å². The van der Waals surface area contributed by atoms with Gasteiger partial charge in [-0.2, -0.15) is 26.3 Å². The average Bonchev–Trinajstić information content (AvgIpc) is 3.05. The molecule has 1 atom stereocenters. The van der Waals surface area contributed by atoms with E-state index in [-0.39, 0.29) is 12.0 Å². The third-order valence-electron chi connectivity index (χ3n) is 3.93. The van der Waals surface area contributed by atoms with Gasteiger partial charge in [0, 0.05) is 24.9 Å². The van der Waals surface area contributed by atoms with Crippen LogP contribution in [0.2, 0.25) is 0 Å². The molecular weight excluding hydrogens is 380 g/mol. The Labute approximate surface area is 149 Å². The van der Waals surface area contributed by atoms with E-state index in [9.17, 15) is 31.1 Å². The fraction of sp³-hybridized carbons (Fsp3) is 0.312. The number of carbonyl (C=O) groups excluding carboxylic acids is 1. The van der Waals surface area contributed by atoms with Crippen molar-refractivity contribution in [1.29, 1.82) is 0 Å². The maximum absolute atomic E-state index is 12.8. The Morgan fingerprint density at radius 2 is 1.74 bits per heavy atom. The first-order chi connectivity index (χ1) is 12.5. The molecule has 5 nitrogen and oxygen atoms in total. The van der Waals surface area contributed by atoms with Gasteiger partial charge >= 0.3 is 18.4 Å². The number of fused-ring (bicyclic) bond motifs is 1. The molecule has 3 rings (SSSR count). The van der Waals surface area contributed by atoms with Crippen LogP contribution in [0.5, 0.6) is 0 Å². The SMILES string of the molecule is O=C(OCc1cc(C(F)(F)F)cc(C(F)(F)F)c1)N1C=CC2CNNC2=C1. The smallest absolute Gasteiger partial charge is 0.418 e. The maximum Gasteiger partial charge on any atom is 0.418 e. The molecule has 1 saturated heterocycles. The van der Waals surface area contributed by atoms with Gasteiger partial charge in [-0.25, -0.2) is 10.2 Å². The van der Waals surface area contributed by atoms with Gasteiger partial charge in [-0.15, -0.1) is 0 Å². The van der Waals surface area contributed by atoms with Crippen molar-refractivity contribution in [3.05, 3.63) is 59.1 Å². The number of rotatable bonds is 2. The Hall–Kier alpha value is -2.69. The summed E-state index contributed by atoms with van der Waals surface area (Å²) >= 11 is 0. The van der Waals surface area contributed by atoms with Gasteiger partial charge in [0.2, 0.25) is 0 Å². The number of alkyl halides is 6. The summed E-state index contributed by atoms with van der Waals surface area (Å²) < 4.78 is 81.9. The first-order valence-corrected chi connectivity index (χ1v) is 7.66. The zero-order valence-electron chi connectivity index (χ0n) is 13.5. The van der Waals surface area contributed by atoms with E-state index in [1.165, 1.54) is 12.4 Å². The number of amides is 1. The highest BCUT2D eigenvalue weighted by Gasteiger charge is 2.37. The molecule has 1 fully saturated rings. The number of ether oxygens (including phenoxy) is 1. The summed E-state index contributed by atoms with van der Waals surface area (Å²) in [6.07, 6.45) is -6.31. The molecule has 0 aliphatic carbocycles. The van der Waals surface area contributed by atoms with Crippen molar-refractivity contribution in [2.75, 3.05) is 6.54 Å². The van der Waals surface area contributed by atoms with Gasteiger partial charge in [0.25, 0.3) is 0 Å². The highest BCUT2D eigenvalue weighted by atomic mass is 19.4. The number of nitrogens with zero attached hydrogens (tertiary/aromatic N) is 1. The van der Waals surface area contributed by atoms with Crippen molar-refractivity contribution in [3.8, 4) is 0 Å². The largest absolute Gasteiger partial charge is 0.444 e. The van der Waals surface area contributed by atoms with Gasteiger partial charge < -0.3 is 10.2 Å². The summed E-state index contributed by atoms with van der Waals surface area (Å²) in [6.45, 7) is -0.121. The molecule has 1 aromatic carbocycles. The fourth-order valence-corrected chi connectivity index (χ4v) is 2.59. The monoisotopic (exact) mass is 393 g/mol. The van der Waals surface area contributed by atoms with Gasteiger partial charge in [-0.1, -0.05) is 6.08 Å². The van der Waals surface area contributed by atoms with Crippen LogP contribution in [-0.4, -0.2) is 17.5 Å². The van der Waals surface area contributed by atoms with E-state index >= 15 is 0 Å². The molecule has 1 aromatic rings. The number of hydrogen-bond donors (Lipinski definition) is 2. The van der Waals surface area contributed by atoms with E-state index in [2.05, 4.69) is 10.9 Å². The number of hydrogen-bond acceptors (Lipinski definition) is 4. The molecule has 0 bridgehead atoms. The highest BCUT2D eigenvalue weighted by Crippen LogP contribution is 2.36. The van der Waals surface area contributed by atoms with Crippen LogP contribution in [0.1, 0.15) is 16.7 Å². The van der Waals surface area contributed by atoms with Crippen LogP contribution in [0.4, 0.5) is 31.1 Å². The number of hydrazine groups is 1. The Kier molecular flexibility index (Phi) is 4.81. The van der Waals surface area contributed by atoms with Crippen molar-refractivity contribution in [2.45, 2.75) is 19.0 Å². The summed E-state index contributed by atoms with van der Waals surface area (Å²) in [6, 6.07) is 1.05. The molecule has 0 radical (unpaired) electrons. The molecule has 2 heterocycles. The van der Waals surface area contributed by atoms with Crippen molar-refractivity contribution in [2.24, 2.45) is 5.92 Å². The third-order valence-corrected chi connectivity index (χ3v) is 3.93. The second-order valence-corrected chi connectivity index (χ2v) is 5.91. The molecule has 2 aliphatic heterocycles. The summed E-state index contributed by atoms with van der Waals surface area (Å²) in [4.78, 5) is 13.1. The highest BCUT2D eigenvalue weighted by molar-refractivity contribution is 5.70. The fourth-order valence-electron chi connectivity index (χ4n) is 2.59. The Bertz CT molecular complexity index is 768. The number of carbonyl (C=O) groups is 1. The summed E-state index contributed by atoms with van der Waals surface area (Å²) in [5.74, 6) is 0.0480. The number of halogens is 6. The van der Waals surface area contributed by atoms with E-state index in [0.29, 0.717) is 24.4 Å². The molecule has 146 valence electrons. The van der Waals surface area contributed by atoms with Gasteiger partial charge in [0.1, 0.15) is 6.61 Å². The zero-order valence-corrected chi connectivity index (χ0v) is 13.5. The van der Waals surface area contributed by atoms with Gasteiger partial charge in [-0.3, -0.25) is 4.90 Å². The minimum absolute atomic E-state index is 0.0159. The predicted octanol–water partition coefficient (Wildman–Crippen LogP) is 3.76. The number of benzene rings is 1. The van der Waals surface area contributed by atoms with Crippen LogP contribution in [0.15, 0.2) is 42.4 Å². The molecule has 2 aliphatic rings. The first kappa shape index (κ1) is 19.1. The molecule has 1 unspecified atom stereocenters. The topological polar surface area (TPSA) is 53.6 Å². The lowest BCUT2D eigenvalue weighted by Gasteiger charge is -2.20. The molecule has 0 spiro atoms. The summed E-state index contributed by atoms with van der Waals surface area (Å²) in [5.41, 5.74) is 3.02. The predicted molar refractivity (Wildman–Crippen MR) is 80.3 cm³/mol. The lowest BCUT2D eigenvalue weighted by Crippen LogP contribution is -2.27. The van der Waals surface area contributed by atoms with Crippen molar-refractivity contribution >= 4 is 6.09 Å². The van der Waals surface area contributed by atoms with Gasteiger partial charge in [0.15, 0.2) is 0 Å². The van der Waals surface area contributed by atoms with Crippen LogP contribution in [0.3, 0.4) is 0 Å². The van der Waals surface area contributed by atoms with E-state index in [1.54, 1.807) is 6.08 Å². The standard InChI is InChI=1S/C16H13F6N3O2/c17-15(18,19)11-3-9(4-12(5-11)16(20,21)22)8-27-14(26)25-2-1-10-6-23-24-13(10)7-25/h1-5,7,10,23-24H,6,8H2. The molecule has 27 heavy (non-hydrogen) atoms. The van der Waals surface area contributed by atoms with Crippen LogP contribution < -0.4 is 10.9 Å². The Morgan fingerprint density at radius 1 is 1.11 bits per heavy atom. The van der Waals surface area contributed by atoms with Gasteiger partial charge in [0.05, 0.1) is 16.8 Å². The Morgan fingerprint density at radius 3 is 2.33 bits per heavy atom. The molecule has 0 aromatic heterocycles. The second kappa shape index (κ2) is 6.80. The molecule has 1 amide bonds. The molecular formula is C16H13F6N3O2. The molecule has 2 N–H and O–H groups in total. The van der Waals surface area contributed by atoms with E-state index in [4.69, 9.17) is 4.74 Å². The van der Waals surface area contributed by atoms with Crippen molar-refractivity contribution < 1.29 is 35.9 Å².